The Morgan fingerprint density at radius 2 is 1.86 bits per heavy atom. The molecule has 0 atom stereocenters. The van der Waals surface area contributed by atoms with E-state index in [9.17, 15) is 4.39 Å². The van der Waals surface area contributed by atoms with Gasteiger partial charge in [0, 0.05) is 32.7 Å². The summed E-state index contributed by atoms with van der Waals surface area (Å²) in [5, 5.41) is 3.96. The molecule has 0 radical (unpaired) electrons. The minimum Gasteiger partial charge on any atom is -0.490 e. The Labute approximate surface area is 176 Å². The first-order chi connectivity index (χ1) is 14.2. The normalized spacial score (nSPS) is 14.7. The third-order valence-corrected chi connectivity index (χ3v) is 4.98. The van der Waals surface area contributed by atoms with Crippen LogP contribution >= 0.6 is 11.6 Å². The molecule has 1 fully saturated rings. The van der Waals surface area contributed by atoms with Gasteiger partial charge in [0.05, 0.1) is 24.8 Å². The number of nitrogens with one attached hydrogen (secondary N) is 1. The maximum Gasteiger partial charge on any atom is 0.180 e. The van der Waals surface area contributed by atoms with Gasteiger partial charge in [-0.2, -0.15) is 0 Å². The van der Waals surface area contributed by atoms with Gasteiger partial charge in [0.25, 0.3) is 0 Å². The minimum absolute atomic E-state index is 0.271. The van der Waals surface area contributed by atoms with Gasteiger partial charge in [-0.3, -0.25) is 4.90 Å². The van der Waals surface area contributed by atoms with E-state index in [4.69, 9.17) is 25.8 Å². The molecule has 1 heterocycles. The lowest BCUT2D eigenvalue weighted by Crippen LogP contribution is -2.40. The van der Waals surface area contributed by atoms with Crippen molar-refractivity contribution < 1.29 is 18.6 Å². The van der Waals surface area contributed by atoms with E-state index in [1.54, 1.807) is 12.1 Å². The molecule has 158 valence electrons. The summed E-state index contributed by atoms with van der Waals surface area (Å²) < 4.78 is 30.1. The first kappa shape index (κ1) is 21.8. The molecule has 0 aliphatic carbocycles. The Kier molecular flexibility index (Phi) is 8.55. The molecule has 1 N–H and O–H groups in total. The van der Waals surface area contributed by atoms with Gasteiger partial charge in [-0.05, 0) is 42.3 Å². The number of rotatable bonds is 10. The van der Waals surface area contributed by atoms with E-state index in [1.807, 2.05) is 19.1 Å². The Hall–Kier alpha value is -1.86. The average molecular weight is 423 g/mol. The maximum atomic E-state index is 13.1. The lowest BCUT2D eigenvalue weighted by molar-refractivity contribution is 0.0384. The van der Waals surface area contributed by atoms with Gasteiger partial charge in [-0.1, -0.05) is 23.7 Å². The molecule has 1 saturated heterocycles. The molecule has 2 aromatic carbocycles. The van der Waals surface area contributed by atoms with Crippen molar-refractivity contribution in [3.8, 4) is 11.5 Å². The summed E-state index contributed by atoms with van der Waals surface area (Å²) in [6.45, 7) is 8.91. The number of hydrogen-bond acceptors (Lipinski definition) is 5. The highest BCUT2D eigenvalue weighted by molar-refractivity contribution is 6.32. The molecular formula is C22H28ClFN2O3. The lowest BCUT2D eigenvalue weighted by Gasteiger charge is -2.26. The van der Waals surface area contributed by atoms with Crippen molar-refractivity contribution >= 4 is 11.6 Å². The van der Waals surface area contributed by atoms with Crippen LogP contribution in [0.5, 0.6) is 11.5 Å². The van der Waals surface area contributed by atoms with Crippen molar-refractivity contribution in [1.82, 2.24) is 10.2 Å². The average Bonchev–Trinajstić information content (AvgIpc) is 2.73. The van der Waals surface area contributed by atoms with E-state index in [0.29, 0.717) is 29.7 Å². The van der Waals surface area contributed by atoms with E-state index >= 15 is 0 Å². The zero-order chi connectivity index (χ0) is 20.5. The first-order valence-electron chi connectivity index (χ1n) is 9.99. The number of halogens is 2. The molecule has 0 bridgehead atoms. The smallest absolute Gasteiger partial charge is 0.180 e. The number of nitrogens with zero attached hydrogens (tertiary/aromatic N) is 1. The van der Waals surface area contributed by atoms with E-state index in [0.717, 1.165) is 50.5 Å². The second-order valence-corrected chi connectivity index (χ2v) is 7.29. The summed E-state index contributed by atoms with van der Waals surface area (Å²) >= 11 is 6.48. The topological polar surface area (TPSA) is 43.0 Å². The molecule has 0 aromatic heterocycles. The summed E-state index contributed by atoms with van der Waals surface area (Å²) in [6.07, 6.45) is 0. The zero-order valence-electron chi connectivity index (χ0n) is 16.8. The van der Waals surface area contributed by atoms with E-state index in [1.165, 1.54) is 12.1 Å². The van der Waals surface area contributed by atoms with Gasteiger partial charge in [0.1, 0.15) is 12.4 Å². The third kappa shape index (κ3) is 6.85. The minimum atomic E-state index is -0.271. The van der Waals surface area contributed by atoms with Crippen LogP contribution in [-0.2, 0) is 17.9 Å². The predicted molar refractivity (Wildman–Crippen MR) is 112 cm³/mol. The number of hydrogen-bond donors (Lipinski definition) is 1. The van der Waals surface area contributed by atoms with Gasteiger partial charge in [-0.15, -0.1) is 0 Å². The standard InChI is InChI=1S/C22H28ClFN2O3/c1-2-28-21-14-18(15-25-7-8-26-9-11-27-12-10-26)13-20(23)22(21)29-16-17-3-5-19(24)6-4-17/h3-6,13-14,25H,2,7-12,15-16H2,1H3. The van der Waals surface area contributed by atoms with Crippen LogP contribution in [0.2, 0.25) is 5.02 Å². The largest absolute Gasteiger partial charge is 0.490 e. The first-order valence-corrected chi connectivity index (χ1v) is 10.4. The number of benzene rings is 2. The molecule has 29 heavy (non-hydrogen) atoms. The highest BCUT2D eigenvalue weighted by atomic mass is 35.5. The van der Waals surface area contributed by atoms with Gasteiger partial charge in [-0.25, -0.2) is 4.39 Å². The molecule has 0 saturated carbocycles. The fourth-order valence-corrected chi connectivity index (χ4v) is 3.45. The summed E-state index contributed by atoms with van der Waals surface area (Å²) in [7, 11) is 0. The number of ether oxygens (including phenoxy) is 3. The zero-order valence-corrected chi connectivity index (χ0v) is 17.5. The molecule has 0 spiro atoms. The molecule has 2 aromatic rings. The maximum absolute atomic E-state index is 13.1. The SMILES string of the molecule is CCOc1cc(CNCCN2CCOCC2)cc(Cl)c1OCc1ccc(F)cc1. The van der Waals surface area contributed by atoms with E-state index < -0.39 is 0 Å². The highest BCUT2D eigenvalue weighted by Crippen LogP contribution is 2.37. The molecule has 0 unspecified atom stereocenters. The molecule has 1 aliphatic heterocycles. The van der Waals surface area contributed by atoms with Crippen LogP contribution in [0.1, 0.15) is 18.1 Å². The Bertz CT molecular complexity index is 767. The van der Waals surface area contributed by atoms with Gasteiger partial charge < -0.3 is 19.5 Å². The summed E-state index contributed by atoms with van der Waals surface area (Å²) in [5.74, 6) is 0.856. The van der Waals surface area contributed by atoms with Crippen molar-refractivity contribution in [2.75, 3.05) is 46.0 Å². The fourth-order valence-electron chi connectivity index (χ4n) is 3.16. The molecule has 3 rings (SSSR count). The Morgan fingerprint density at radius 1 is 1.10 bits per heavy atom. The van der Waals surface area contributed by atoms with Crippen LogP contribution in [0.15, 0.2) is 36.4 Å². The second-order valence-electron chi connectivity index (χ2n) is 6.88. The molecule has 5 nitrogen and oxygen atoms in total. The Morgan fingerprint density at radius 3 is 2.59 bits per heavy atom. The quantitative estimate of drug-likeness (QED) is 0.588. The fraction of sp³-hybridized carbons (Fsp3) is 0.455. The van der Waals surface area contributed by atoms with Gasteiger partial charge in [0.2, 0.25) is 0 Å². The lowest BCUT2D eigenvalue weighted by atomic mass is 10.2. The van der Waals surface area contributed by atoms with Crippen molar-refractivity contribution in [2.24, 2.45) is 0 Å². The number of morpholine rings is 1. The van der Waals surface area contributed by atoms with Gasteiger partial charge >= 0.3 is 0 Å². The van der Waals surface area contributed by atoms with Crippen molar-refractivity contribution in [1.29, 1.82) is 0 Å². The summed E-state index contributed by atoms with van der Waals surface area (Å²) in [6, 6.07) is 10.1. The molecule has 7 heteroatoms. The third-order valence-electron chi connectivity index (χ3n) is 4.70. The second kappa shape index (κ2) is 11.4. The van der Waals surface area contributed by atoms with Crippen molar-refractivity contribution in [3.05, 3.63) is 58.4 Å². The van der Waals surface area contributed by atoms with Crippen LogP contribution in [0.3, 0.4) is 0 Å². The monoisotopic (exact) mass is 422 g/mol. The predicted octanol–water partition coefficient (Wildman–Crippen LogP) is 3.88. The molecule has 0 amide bonds. The summed E-state index contributed by atoms with van der Waals surface area (Å²) in [5.41, 5.74) is 1.90. The van der Waals surface area contributed by atoms with Crippen LogP contribution in [-0.4, -0.2) is 50.9 Å². The van der Waals surface area contributed by atoms with E-state index in [-0.39, 0.29) is 12.4 Å². The van der Waals surface area contributed by atoms with E-state index in [2.05, 4.69) is 10.2 Å². The van der Waals surface area contributed by atoms with Crippen LogP contribution in [0.25, 0.3) is 0 Å². The van der Waals surface area contributed by atoms with Gasteiger partial charge in [0.15, 0.2) is 11.5 Å². The highest BCUT2D eigenvalue weighted by Gasteiger charge is 2.14. The molecule has 1 aliphatic rings. The summed E-state index contributed by atoms with van der Waals surface area (Å²) in [4.78, 5) is 2.39. The Balaban J connectivity index is 1.57. The van der Waals surface area contributed by atoms with Crippen LogP contribution < -0.4 is 14.8 Å². The molecular weight excluding hydrogens is 395 g/mol. The van der Waals surface area contributed by atoms with Crippen molar-refractivity contribution in [2.45, 2.75) is 20.1 Å². The van der Waals surface area contributed by atoms with Crippen LogP contribution in [0, 0.1) is 5.82 Å². The van der Waals surface area contributed by atoms with Crippen molar-refractivity contribution in [3.63, 3.8) is 0 Å². The van der Waals surface area contributed by atoms with Crippen LogP contribution in [0.4, 0.5) is 4.39 Å².